The second-order valence-electron chi connectivity index (χ2n) is 14.4. The van der Waals surface area contributed by atoms with Crippen LogP contribution in [0.2, 0.25) is 0 Å². The molecule has 0 fully saturated rings. The summed E-state index contributed by atoms with van der Waals surface area (Å²) in [5.74, 6) is 2.10. The number of para-hydroxylation sites is 3. The first-order chi connectivity index (χ1) is 26.0. The Bertz CT molecular complexity index is 2680. The summed E-state index contributed by atoms with van der Waals surface area (Å²) in [6.45, 7) is 4.73. The van der Waals surface area contributed by atoms with Gasteiger partial charge in [0.2, 0.25) is 0 Å². The number of benzene rings is 6. The molecule has 8 aromatic rings. The molecular weight excluding hydrogens is 647 g/mol. The van der Waals surface area contributed by atoms with Gasteiger partial charge in [0.25, 0.3) is 0 Å². The molecule has 0 N–H and O–H groups in total. The van der Waals surface area contributed by atoms with Gasteiger partial charge in [0.05, 0.1) is 22.4 Å². The van der Waals surface area contributed by atoms with E-state index in [2.05, 4.69) is 151 Å². The molecule has 0 atom stereocenters. The van der Waals surface area contributed by atoms with E-state index >= 15 is 0 Å². The maximum Gasteiger partial charge on any atom is 0.164 e. The van der Waals surface area contributed by atoms with E-state index in [-0.39, 0.29) is 5.41 Å². The van der Waals surface area contributed by atoms with Gasteiger partial charge >= 0.3 is 0 Å². The highest BCUT2D eigenvalue weighted by Gasteiger charge is 2.37. The fraction of sp³-hybridized carbons (Fsp3) is 0.104. The van der Waals surface area contributed by atoms with Crippen LogP contribution in [0, 0.1) is 0 Å². The summed E-state index contributed by atoms with van der Waals surface area (Å²) in [5, 5.41) is 2.51. The van der Waals surface area contributed by atoms with Gasteiger partial charge in [-0.2, -0.15) is 0 Å². The smallest absolute Gasteiger partial charge is 0.164 e. The molecule has 0 saturated carbocycles. The Morgan fingerprint density at radius 1 is 0.491 bits per heavy atom. The van der Waals surface area contributed by atoms with Gasteiger partial charge in [-0.25, -0.2) is 15.0 Å². The van der Waals surface area contributed by atoms with Gasteiger partial charge in [0, 0.05) is 38.7 Å². The second-order valence-corrected chi connectivity index (χ2v) is 14.4. The molecule has 0 spiro atoms. The van der Waals surface area contributed by atoms with Crippen molar-refractivity contribution >= 4 is 50.1 Å². The molecule has 5 nitrogen and oxygen atoms in total. The molecule has 1 aliphatic carbocycles. The van der Waals surface area contributed by atoms with Gasteiger partial charge in [-0.1, -0.05) is 135 Å². The molecule has 3 heterocycles. The van der Waals surface area contributed by atoms with E-state index in [1.807, 2.05) is 36.4 Å². The normalized spacial score (nSPS) is 14.8. The van der Waals surface area contributed by atoms with Crippen LogP contribution in [0.4, 0.5) is 17.1 Å². The number of rotatable bonds is 5. The molecule has 1 aliphatic heterocycles. The number of hydrogen-bond donors (Lipinski definition) is 0. The van der Waals surface area contributed by atoms with E-state index in [0.717, 1.165) is 41.1 Å². The highest BCUT2D eigenvalue weighted by Crippen LogP contribution is 2.53. The van der Waals surface area contributed by atoms with Crippen molar-refractivity contribution in [2.75, 3.05) is 4.90 Å². The zero-order chi connectivity index (χ0) is 35.5. The van der Waals surface area contributed by atoms with E-state index in [4.69, 9.17) is 15.0 Å². The number of hydrogen-bond acceptors (Lipinski definition) is 4. The first-order valence-electron chi connectivity index (χ1n) is 18.3. The molecule has 2 aliphatic rings. The molecule has 6 aromatic carbocycles. The summed E-state index contributed by atoms with van der Waals surface area (Å²) < 4.78 is 2.49. The van der Waals surface area contributed by atoms with Gasteiger partial charge in [0.15, 0.2) is 17.5 Å². The van der Waals surface area contributed by atoms with Crippen LogP contribution in [0.25, 0.3) is 55.9 Å². The van der Waals surface area contributed by atoms with Crippen molar-refractivity contribution in [2.24, 2.45) is 0 Å². The van der Waals surface area contributed by atoms with Gasteiger partial charge in [-0.05, 0) is 72.0 Å². The zero-order valence-corrected chi connectivity index (χ0v) is 29.7. The number of fused-ring (bicyclic) bond motifs is 5. The third-order valence-corrected chi connectivity index (χ3v) is 10.9. The van der Waals surface area contributed by atoms with Gasteiger partial charge in [-0.3, -0.25) is 0 Å². The summed E-state index contributed by atoms with van der Waals surface area (Å²) in [6.07, 6.45) is 6.16. The van der Waals surface area contributed by atoms with E-state index in [1.54, 1.807) is 0 Å². The Labute approximate surface area is 309 Å². The predicted molar refractivity (Wildman–Crippen MR) is 218 cm³/mol. The van der Waals surface area contributed by atoms with Gasteiger partial charge < -0.3 is 9.47 Å². The third-order valence-electron chi connectivity index (χ3n) is 10.9. The Morgan fingerprint density at radius 3 is 1.77 bits per heavy atom. The van der Waals surface area contributed by atoms with Crippen LogP contribution in [0.5, 0.6) is 0 Å². The van der Waals surface area contributed by atoms with Crippen molar-refractivity contribution in [1.82, 2.24) is 19.5 Å². The number of allylic oxidation sites excluding steroid dienone is 4. The molecule has 0 saturated heterocycles. The minimum absolute atomic E-state index is 0.202. The topological polar surface area (TPSA) is 46.8 Å². The van der Waals surface area contributed by atoms with Crippen molar-refractivity contribution in [3.05, 3.63) is 181 Å². The number of anilines is 3. The van der Waals surface area contributed by atoms with Crippen molar-refractivity contribution in [3.8, 4) is 22.8 Å². The SMILES string of the molecule is CC1(C)c2ccccc2N(c2ccccc2)c2cc3c4ccccc4n(C4=CC=C(c5nc(-c6ccccc6)nc(-c6ccccc6)n5)CC4)c3cc21. The van der Waals surface area contributed by atoms with Crippen LogP contribution in [0.3, 0.4) is 0 Å². The summed E-state index contributed by atoms with van der Waals surface area (Å²) in [5.41, 5.74) is 12.8. The summed E-state index contributed by atoms with van der Waals surface area (Å²) in [6, 6.07) is 53.7. The average Bonchev–Trinajstić information content (AvgIpc) is 3.55. The highest BCUT2D eigenvalue weighted by molar-refractivity contribution is 6.12. The summed E-state index contributed by atoms with van der Waals surface area (Å²) >= 11 is 0. The molecule has 10 rings (SSSR count). The lowest BCUT2D eigenvalue weighted by Crippen LogP contribution is -2.30. The van der Waals surface area contributed by atoms with Gasteiger partial charge in [-0.15, -0.1) is 0 Å². The minimum atomic E-state index is -0.202. The lowest BCUT2D eigenvalue weighted by atomic mass is 9.73. The molecule has 254 valence electrons. The molecule has 2 aromatic heterocycles. The highest BCUT2D eigenvalue weighted by atomic mass is 15.2. The lowest BCUT2D eigenvalue weighted by molar-refractivity contribution is 0.632. The Hall–Kier alpha value is -6.59. The average molecular weight is 684 g/mol. The molecule has 0 bridgehead atoms. The molecule has 0 radical (unpaired) electrons. The number of nitrogens with zero attached hydrogens (tertiary/aromatic N) is 5. The fourth-order valence-corrected chi connectivity index (χ4v) is 8.28. The molecule has 0 amide bonds. The first kappa shape index (κ1) is 31.2. The lowest BCUT2D eigenvalue weighted by Gasteiger charge is -2.42. The monoisotopic (exact) mass is 683 g/mol. The van der Waals surface area contributed by atoms with Crippen molar-refractivity contribution in [1.29, 1.82) is 0 Å². The van der Waals surface area contributed by atoms with Crippen LogP contribution >= 0.6 is 0 Å². The second kappa shape index (κ2) is 12.3. The summed E-state index contributed by atoms with van der Waals surface area (Å²) in [7, 11) is 0. The number of aromatic nitrogens is 4. The quantitative estimate of drug-likeness (QED) is 0.181. The molecule has 5 heteroatoms. The first-order valence-corrected chi connectivity index (χ1v) is 18.3. The zero-order valence-electron chi connectivity index (χ0n) is 29.7. The van der Waals surface area contributed by atoms with Crippen LogP contribution in [-0.4, -0.2) is 19.5 Å². The largest absolute Gasteiger partial charge is 0.313 e. The van der Waals surface area contributed by atoms with Crippen LogP contribution in [0.15, 0.2) is 164 Å². The predicted octanol–water partition coefficient (Wildman–Crippen LogP) is 12.1. The fourth-order valence-electron chi connectivity index (χ4n) is 8.28. The minimum Gasteiger partial charge on any atom is -0.313 e. The third kappa shape index (κ3) is 5.11. The maximum absolute atomic E-state index is 5.02. The Kier molecular flexibility index (Phi) is 7.22. The van der Waals surface area contributed by atoms with Crippen LogP contribution < -0.4 is 4.90 Å². The van der Waals surface area contributed by atoms with Gasteiger partial charge in [0.1, 0.15) is 0 Å². The van der Waals surface area contributed by atoms with E-state index < -0.39 is 0 Å². The molecule has 0 unspecified atom stereocenters. The Morgan fingerprint density at radius 2 is 1.09 bits per heavy atom. The van der Waals surface area contributed by atoms with Crippen LogP contribution in [-0.2, 0) is 5.41 Å². The summed E-state index contributed by atoms with van der Waals surface area (Å²) in [4.78, 5) is 17.4. The van der Waals surface area contributed by atoms with E-state index in [1.165, 1.54) is 50.0 Å². The van der Waals surface area contributed by atoms with Crippen LogP contribution in [0.1, 0.15) is 43.6 Å². The van der Waals surface area contributed by atoms with Crippen molar-refractivity contribution < 1.29 is 0 Å². The maximum atomic E-state index is 5.02. The van der Waals surface area contributed by atoms with E-state index in [0.29, 0.717) is 11.6 Å². The Balaban J connectivity index is 1.14. The van der Waals surface area contributed by atoms with Crippen molar-refractivity contribution in [2.45, 2.75) is 32.1 Å². The van der Waals surface area contributed by atoms with Crippen molar-refractivity contribution in [3.63, 3.8) is 0 Å². The molecular formula is C48H37N5. The van der Waals surface area contributed by atoms with E-state index in [9.17, 15) is 0 Å². The standard InChI is InChI=1S/C48H37N5/c1-48(2)39-23-13-15-25-42(39)53(35-20-10-5-11-21-35)44-30-38-37-22-12-14-24-41(37)52(43(38)31-40(44)48)36-28-26-34(27-29-36)47-50-45(32-16-6-3-7-17-32)49-46(51-47)33-18-8-4-9-19-33/h3-26,28,30-31H,27,29H2,1-2H3. The molecule has 53 heavy (non-hydrogen) atoms.